The average molecular weight is 1020 g/mol. The lowest BCUT2D eigenvalue weighted by molar-refractivity contribution is -0.216. The zero-order valence-electron chi connectivity index (χ0n) is 42.9. The lowest BCUT2D eigenvalue weighted by Crippen LogP contribution is -2.81. The van der Waals surface area contributed by atoms with Gasteiger partial charge in [0.05, 0.1) is 26.8 Å². The fourth-order valence-electron chi connectivity index (χ4n) is 14.2. The number of aliphatic hydroxyl groups excluding tert-OH is 2. The fourth-order valence-corrected chi connectivity index (χ4v) is 14.2. The Balaban J connectivity index is 0.000000610. The van der Waals surface area contributed by atoms with Crippen LogP contribution in [-0.2, 0) is 46.0 Å². The molecule has 394 valence electrons. The van der Waals surface area contributed by atoms with Gasteiger partial charge in [-0.2, -0.15) is 0 Å². The van der Waals surface area contributed by atoms with E-state index in [4.69, 9.17) is 34.6 Å². The summed E-state index contributed by atoms with van der Waals surface area (Å²) in [7, 11) is 5.13. The number of H-pyrrole nitrogens is 1. The minimum absolute atomic E-state index is 0.0355. The second kappa shape index (κ2) is 19.6. The molecule has 4 aromatic rings. The average Bonchev–Trinajstić information content (AvgIpc) is 4.04. The Morgan fingerprint density at radius 1 is 0.932 bits per heavy atom. The number of para-hydroxylation sites is 1. The van der Waals surface area contributed by atoms with Crippen LogP contribution in [0.25, 0.3) is 10.9 Å². The van der Waals surface area contributed by atoms with Crippen LogP contribution in [0.4, 0.5) is 5.69 Å². The Morgan fingerprint density at radius 2 is 1.66 bits per heavy atom. The summed E-state index contributed by atoms with van der Waals surface area (Å²) in [6.45, 7) is 11.2. The molecule has 11 atom stereocenters. The third-order valence-electron chi connectivity index (χ3n) is 17.0. The molecule has 18 heteroatoms. The monoisotopic (exact) mass is 1020 g/mol. The fraction of sp³-hybridized carbons (Fsp3) is 0.482. The van der Waals surface area contributed by atoms with E-state index in [-0.39, 0.29) is 30.4 Å². The van der Waals surface area contributed by atoms with Crippen molar-refractivity contribution >= 4 is 46.4 Å². The zero-order valence-corrected chi connectivity index (χ0v) is 42.9. The van der Waals surface area contributed by atoms with Crippen LogP contribution < -0.4 is 15.0 Å². The maximum absolute atomic E-state index is 15.4. The zero-order chi connectivity index (χ0) is 53.2. The molecule has 3 unspecified atom stereocenters. The van der Waals surface area contributed by atoms with Crippen LogP contribution in [-0.4, -0.2) is 160 Å². The minimum atomic E-state index is -2.27. The maximum atomic E-state index is 15.4. The summed E-state index contributed by atoms with van der Waals surface area (Å²) in [5.41, 5.74) is 3.47. The largest absolute Gasteiger partial charge is 0.496 e. The molecular formula is C56H67N5O13. The molecule has 18 nitrogen and oxygen atoms in total. The van der Waals surface area contributed by atoms with Gasteiger partial charge in [-0.3, -0.25) is 24.2 Å². The van der Waals surface area contributed by atoms with Crippen LogP contribution in [0.3, 0.4) is 0 Å². The topological polar surface area (TPSA) is 252 Å². The van der Waals surface area contributed by atoms with Gasteiger partial charge >= 0.3 is 23.9 Å². The van der Waals surface area contributed by atoms with E-state index in [0.717, 1.165) is 65.0 Å². The number of likely N-dealkylation sites (N-methyl/N-ethyl adjacent to an activating group) is 1. The highest BCUT2D eigenvalue weighted by molar-refractivity contribution is 5.95. The molecule has 1 saturated carbocycles. The number of nitrogens with one attached hydrogen (secondary N) is 2. The van der Waals surface area contributed by atoms with Gasteiger partial charge in [0.15, 0.2) is 12.2 Å². The van der Waals surface area contributed by atoms with E-state index in [9.17, 15) is 24.3 Å². The predicted molar refractivity (Wildman–Crippen MR) is 273 cm³/mol. The van der Waals surface area contributed by atoms with Crippen LogP contribution in [0.2, 0.25) is 0 Å². The molecule has 7 N–H and O–H groups in total. The Hall–Kier alpha value is -6.57. The van der Waals surface area contributed by atoms with Crippen molar-refractivity contribution in [2.45, 2.75) is 107 Å². The predicted octanol–water partition coefficient (Wildman–Crippen LogP) is 4.20. The Kier molecular flexibility index (Phi) is 13.9. The maximum Gasteiger partial charge on any atom is 0.335 e. The summed E-state index contributed by atoms with van der Waals surface area (Å²) in [4.78, 5) is 73.2. The number of fused-ring (bicyclic) bond motifs is 6. The van der Waals surface area contributed by atoms with E-state index in [1.165, 1.54) is 19.6 Å². The first-order valence-corrected chi connectivity index (χ1v) is 25.3. The number of aryl methyl sites for hydroxylation is 1. The highest BCUT2D eigenvalue weighted by Gasteiger charge is 2.78. The molecule has 1 spiro atoms. The number of methoxy groups -OCH3 is 2. The number of benzene rings is 3. The highest BCUT2D eigenvalue weighted by Crippen LogP contribution is 2.68. The van der Waals surface area contributed by atoms with Crippen molar-refractivity contribution in [3.8, 4) is 5.75 Å². The SMILES string of the molecule is CCC1=C[C@@H]2CN(C1)Cc1c([nH]c3ccccc13)[C@@](C(=O)OC)(c1cc3c(cc1OC)N(C)[C@H]1[C@@](O)(CNC(=O)c4cccc(C)c4)[C@H](OC(C)=O)[C@]4(CC)C=CCN5CC[C@]31[C@@H]54)C2.O=C(O)C(O)C(O)C(=O)O. The van der Waals surface area contributed by atoms with Crippen molar-refractivity contribution < 1.29 is 63.7 Å². The highest BCUT2D eigenvalue weighted by atomic mass is 16.6. The lowest BCUT2D eigenvalue weighted by Gasteiger charge is -2.64. The Labute approximate surface area is 429 Å². The molecule has 2 fully saturated rings. The van der Waals surface area contributed by atoms with Gasteiger partial charge in [-0.25, -0.2) is 9.59 Å². The van der Waals surface area contributed by atoms with Gasteiger partial charge in [0.1, 0.15) is 22.9 Å². The number of anilines is 1. The Morgan fingerprint density at radius 3 is 2.31 bits per heavy atom. The molecule has 6 heterocycles. The molecule has 6 aliphatic rings. The summed E-state index contributed by atoms with van der Waals surface area (Å²) in [6, 6.07) is 19.0. The van der Waals surface area contributed by atoms with Crippen LogP contribution in [0.15, 0.2) is 84.5 Å². The first-order valence-electron chi connectivity index (χ1n) is 25.3. The molecule has 2 bridgehead atoms. The van der Waals surface area contributed by atoms with Crippen LogP contribution in [0.1, 0.15) is 84.8 Å². The van der Waals surface area contributed by atoms with E-state index in [1.807, 2.05) is 44.3 Å². The number of aromatic amines is 1. The molecule has 0 radical (unpaired) electrons. The number of aliphatic carboxylic acids is 2. The number of carboxylic acid groups (broad SMARTS) is 2. The molecule has 5 aliphatic heterocycles. The second-order valence-corrected chi connectivity index (χ2v) is 21.0. The standard InChI is InChI=1S/C52H61N5O7.C4H6O6/c1-8-33-23-34-26-51(48(60)63-7,43-37(29-56(27-33)28-34)36-16-10-11-17-40(36)54-43)39-24-38-41(25-42(39)62-6)55(5)46-50(38)19-21-57-20-13-18-49(9-2,45(50)57)47(64-32(4)58)52(46,61)30-53-44(59)35-15-12-14-31(3)22-35;5-1(3(7)8)2(6)4(9)10/h10-18,22-25,34,45-47,54,61H,8-9,19-21,26-30H2,1-7H3,(H,53,59);1-2,5-6H,(H,7,8)(H,9,10)/t34-,45-,46+,47+,49+,50+,51-,52-;/m0./s1. The van der Waals surface area contributed by atoms with Crippen LogP contribution in [0, 0.1) is 18.3 Å². The quantitative estimate of drug-likeness (QED) is 0.0776. The molecule has 10 rings (SSSR count). The number of amides is 1. The van der Waals surface area contributed by atoms with E-state index in [2.05, 4.69) is 81.3 Å². The van der Waals surface area contributed by atoms with Gasteiger partial charge in [0, 0.05) is 96.5 Å². The van der Waals surface area contributed by atoms with Crippen molar-refractivity contribution in [3.63, 3.8) is 0 Å². The normalized spacial score (nSPS) is 30.1. The summed E-state index contributed by atoms with van der Waals surface area (Å²) < 4.78 is 18.9. The van der Waals surface area contributed by atoms with Crippen molar-refractivity contribution in [1.82, 2.24) is 20.1 Å². The first-order chi connectivity index (χ1) is 35.3. The van der Waals surface area contributed by atoms with Crippen molar-refractivity contribution in [2.75, 3.05) is 58.9 Å². The summed E-state index contributed by atoms with van der Waals surface area (Å²) in [6.07, 6.45) is 3.75. The Bertz CT molecular complexity index is 2950. The van der Waals surface area contributed by atoms with Gasteiger partial charge in [0.2, 0.25) is 0 Å². The molecule has 1 aromatic heterocycles. The van der Waals surface area contributed by atoms with Gasteiger partial charge in [0.25, 0.3) is 5.91 Å². The number of aromatic nitrogens is 1. The number of carboxylic acids is 2. The number of hydrogen-bond donors (Lipinski definition) is 7. The number of aliphatic hydroxyl groups is 3. The molecular weight excluding hydrogens is 951 g/mol. The summed E-state index contributed by atoms with van der Waals surface area (Å²) >= 11 is 0. The third kappa shape index (κ3) is 8.07. The summed E-state index contributed by atoms with van der Waals surface area (Å²) in [5, 5.41) is 50.7. The number of esters is 2. The molecule has 1 amide bonds. The van der Waals surface area contributed by atoms with Crippen LogP contribution >= 0.6 is 0 Å². The van der Waals surface area contributed by atoms with Crippen molar-refractivity contribution in [1.29, 1.82) is 0 Å². The van der Waals surface area contributed by atoms with Gasteiger partial charge in [-0.05, 0) is 80.5 Å². The minimum Gasteiger partial charge on any atom is -0.496 e. The van der Waals surface area contributed by atoms with Crippen molar-refractivity contribution in [2.24, 2.45) is 11.3 Å². The van der Waals surface area contributed by atoms with E-state index >= 15 is 4.79 Å². The van der Waals surface area contributed by atoms with Gasteiger partial charge in [-0.1, -0.05) is 73.5 Å². The smallest absolute Gasteiger partial charge is 0.335 e. The molecule has 3 aromatic carbocycles. The summed E-state index contributed by atoms with van der Waals surface area (Å²) in [5.74, 6) is -4.15. The molecule has 1 aliphatic carbocycles. The van der Waals surface area contributed by atoms with Gasteiger partial charge < -0.3 is 54.9 Å². The molecule has 74 heavy (non-hydrogen) atoms. The van der Waals surface area contributed by atoms with E-state index in [0.29, 0.717) is 49.2 Å². The number of ether oxygens (including phenoxy) is 3. The number of rotatable bonds is 12. The first kappa shape index (κ1) is 52.3. The van der Waals surface area contributed by atoms with Gasteiger partial charge in [-0.15, -0.1) is 0 Å². The third-order valence-corrected chi connectivity index (χ3v) is 17.0. The van der Waals surface area contributed by atoms with E-state index < -0.39 is 64.1 Å². The number of hydrogen-bond acceptors (Lipinski definition) is 14. The lowest BCUT2D eigenvalue weighted by atomic mass is 9.47. The number of carbonyl (C=O) groups is 5. The second-order valence-electron chi connectivity index (χ2n) is 21.0. The van der Waals surface area contributed by atoms with Crippen molar-refractivity contribution in [3.05, 3.63) is 118 Å². The van der Waals surface area contributed by atoms with Crippen LogP contribution in [0.5, 0.6) is 5.75 Å². The number of carbonyl (C=O) groups excluding carboxylic acids is 3. The van der Waals surface area contributed by atoms with E-state index in [1.54, 1.807) is 13.2 Å². The molecule has 1 saturated heterocycles. The number of nitrogens with zero attached hydrogens (tertiary/aromatic N) is 3.